The van der Waals surface area contributed by atoms with Crippen molar-refractivity contribution in [2.45, 2.75) is 19.9 Å². The lowest BCUT2D eigenvalue weighted by molar-refractivity contribution is 0.0960. The summed E-state index contributed by atoms with van der Waals surface area (Å²) in [7, 11) is 0. The highest BCUT2D eigenvalue weighted by Crippen LogP contribution is 2.30. The maximum atomic E-state index is 13.3. The van der Waals surface area contributed by atoms with E-state index in [1.54, 1.807) is 25.1 Å². The minimum absolute atomic E-state index is 0.102. The first kappa shape index (κ1) is 22.8. The zero-order chi connectivity index (χ0) is 24.4. The molecule has 3 aromatic heterocycles. The lowest BCUT2D eigenvalue weighted by Gasteiger charge is -2.15. The largest absolute Gasteiger partial charge is 0.506 e. The van der Waals surface area contributed by atoms with Gasteiger partial charge >= 0.3 is 0 Å². The number of nitrogens with zero attached hydrogens (tertiary/aromatic N) is 3. The molecule has 0 fully saturated rings. The number of benzene rings is 1. The number of carbonyl (C=O) groups is 1. The molecular formula is C25H20F2N4O3. The number of allylic oxidation sites excluding steroid dienone is 1. The Morgan fingerprint density at radius 1 is 1.06 bits per heavy atom. The monoisotopic (exact) mass is 462 g/mol. The van der Waals surface area contributed by atoms with Gasteiger partial charge in [-0.2, -0.15) is 0 Å². The minimum atomic E-state index is -0.816. The number of aromatic nitrogens is 3. The van der Waals surface area contributed by atoms with Crippen molar-refractivity contribution in [3.63, 3.8) is 0 Å². The van der Waals surface area contributed by atoms with Crippen LogP contribution in [0.1, 0.15) is 29.4 Å². The average Bonchev–Trinajstić information content (AvgIpc) is 2.83. The average molecular weight is 462 g/mol. The van der Waals surface area contributed by atoms with Crippen molar-refractivity contribution in [3.8, 4) is 16.9 Å². The topological polar surface area (TPSA) is 97.1 Å². The maximum absolute atomic E-state index is 13.3. The second kappa shape index (κ2) is 9.22. The maximum Gasteiger partial charge on any atom is 0.269 e. The first-order valence-corrected chi connectivity index (χ1v) is 10.4. The van der Waals surface area contributed by atoms with Crippen molar-refractivity contribution in [2.24, 2.45) is 0 Å². The second-order valence-electron chi connectivity index (χ2n) is 7.60. The number of nitrogens with one attached hydrogen (secondary N) is 1. The van der Waals surface area contributed by atoms with Crippen molar-refractivity contribution in [3.05, 3.63) is 100 Å². The van der Waals surface area contributed by atoms with E-state index in [1.165, 1.54) is 35.0 Å². The summed E-state index contributed by atoms with van der Waals surface area (Å²) in [6, 6.07) is 9.84. The molecule has 0 bridgehead atoms. The van der Waals surface area contributed by atoms with Crippen molar-refractivity contribution in [1.82, 2.24) is 19.9 Å². The fourth-order valence-electron chi connectivity index (χ4n) is 3.44. The molecule has 0 saturated carbocycles. The Morgan fingerprint density at radius 2 is 1.76 bits per heavy atom. The molecule has 4 aromatic rings. The summed E-state index contributed by atoms with van der Waals surface area (Å²) in [5.74, 6) is -2.30. The number of halogens is 2. The second-order valence-corrected chi connectivity index (χ2v) is 7.60. The number of fused-ring (bicyclic) bond motifs is 1. The Bertz CT molecular complexity index is 1460. The first-order valence-electron chi connectivity index (χ1n) is 10.4. The normalized spacial score (nSPS) is 10.9. The van der Waals surface area contributed by atoms with Gasteiger partial charge in [-0.1, -0.05) is 25.6 Å². The SMILES string of the molecule is C=C(CC)NC(=O)c1c(O)c2cc(-c3ccc(F)cc3)cnc2n(Cc2ccc(F)cn2)c1=O. The van der Waals surface area contributed by atoms with Crippen LogP contribution in [0.25, 0.3) is 22.2 Å². The van der Waals surface area contributed by atoms with Gasteiger partial charge in [-0.3, -0.25) is 19.1 Å². The molecule has 2 N–H and O–H groups in total. The number of pyridine rings is 3. The van der Waals surface area contributed by atoms with Crippen molar-refractivity contribution in [1.29, 1.82) is 0 Å². The summed E-state index contributed by atoms with van der Waals surface area (Å²) in [6.07, 6.45) is 2.92. The highest BCUT2D eigenvalue weighted by atomic mass is 19.1. The van der Waals surface area contributed by atoms with Crippen LogP contribution >= 0.6 is 0 Å². The Morgan fingerprint density at radius 3 is 2.41 bits per heavy atom. The molecule has 34 heavy (non-hydrogen) atoms. The lowest BCUT2D eigenvalue weighted by Crippen LogP contribution is -2.33. The van der Waals surface area contributed by atoms with E-state index in [1.807, 2.05) is 0 Å². The Kier molecular flexibility index (Phi) is 6.18. The molecule has 0 aliphatic carbocycles. The summed E-state index contributed by atoms with van der Waals surface area (Å²) >= 11 is 0. The van der Waals surface area contributed by atoms with E-state index in [0.29, 0.717) is 28.9 Å². The number of amides is 1. The lowest BCUT2D eigenvalue weighted by atomic mass is 10.0. The van der Waals surface area contributed by atoms with Gasteiger partial charge in [0, 0.05) is 17.5 Å². The van der Waals surface area contributed by atoms with E-state index in [-0.39, 0.29) is 17.6 Å². The number of rotatable bonds is 6. The van der Waals surface area contributed by atoms with E-state index in [4.69, 9.17) is 0 Å². The summed E-state index contributed by atoms with van der Waals surface area (Å²) < 4.78 is 27.8. The molecule has 0 atom stereocenters. The van der Waals surface area contributed by atoms with Gasteiger partial charge in [-0.15, -0.1) is 0 Å². The molecule has 0 aliphatic heterocycles. The molecule has 0 spiro atoms. The van der Waals surface area contributed by atoms with Gasteiger partial charge in [-0.25, -0.2) is 13.8 Å². The first-order chi connectivity index (χ1) is 16.3. The van der Waals surface area contributed by atoms with Crippen molar-refractivity contribution in [2.75, 3.05) is 0 Å². The van der Waals surface area contributed by atoms with E-state index in [0.717, 1.165) is 6.20 Å². The van der Waals surface area contributed by atoms with E-state index >= 15 is 0 Å². The molecule has 172 valence electrons. The molecule has 0 unspecified atom stereocenters. The summed E-state index contributed by atoms with van der Waals surface area (Å²) in [5, 5.41) is 13.6. The molecule has 1 aromatic carbocycles. The molecule has 7 nitrogen and oxygen atoms in total. The molecule has 4 rings (SSSR count). The van der Waals surface area contributed by atoms with Gasteiger partial charge in [0.05, 0.1) is 23.8 Å². The third-order valence-corrected chi connectivity index (χ3v) is 5.30. The molecule has 1 amide bonds. The van der Waals surface area contributed by atoms with Gasteiger partial charge < -0.3 is 10.4 Å². The van der Waals surface area contributed by atoms with Gasteiger partial charge in [-0.05, 0) is 42.3 Å². The molecule has 3 heterocycles. The van der Waals surface area contributed by atoms with Crippen LogP contribution in [-0.4, -0.2) is 25.5 Å². The van der Waals surface area contributed by atoms with Crippen molar-refractivity contribution < 1.29 is 18.7 Å². The Labute approximate surface area is 193 Å². The molecule has 0 radical (unpaired) electrons. The zero-order valence-electron chi connectivity index (χ0n) is 18.2. The number of aromatic hydroxyl groups is 1. The Hall–Kier alpha value is -4.40. The molecule has 0 aliphatic rings. The van der Waals surface area contributed by atoms with Crippen LogP contribution in [0.5, 0.6) is 5.75 Å². The fraction of sp³-hybridized carbons (Fsp3) is 0.120. The van der Waals surface area contributed by atoms with Gasteiger partial charge in [0.25, 0.3) is 11.5 Å². The standard InChI is InChI=1S/C25H20F2N4O3/c1-3-14(2)30-24(33)21-22(32)20-10-16(15-4-6-17(26)7-5-15)11-29-23(20)31(25(21)34)13-19-9-8-18(27)12-28-19/h4-12,32H,2-3,13H2,1H3,(H,30,33). The van der Waals surface area contributed by atoms with Crippen LogP contribution in [0.15, 0.2) is 71.9 Å². The van der Waals surface area contributed by atoms with E-state index in [2.05, 4.69) is 21.9 Å². The third-order valence-electron chi connectivity index (χ3n) is 5.30. The van der Waals surface area contributed by atoms with Gasteiger partial charge in [0.1, 0.15) is 28.6 Å². The van der Waals surface area contributed by atoms with E-state index < -0.39 is 34.4 Å². The van der Waals surface area contributed by atoms with Crippen LogP contribution in [0, 0.1) is 11.6 Å². The van der Waals surface area contributed by atoms with Crippen LogP contribution < -0.4 is 10.9 Å². The number of carbonyl (C=O) groups excluding carboxylic acids is 1. The minimum Gasteiger partial charge on any atom is -0.506 e. The Balaban J connectivity index is 1.94. The predicted molar refractivity (Wildman–Crippen MR) is 123 cm³/mol. The summed E-state index contributed by atoms with van der Waals surface area (Å²) in [4.78, 5) is 34.5. The quantitative estimate of drug-likeness (QED) is 0.449. The van der Waals surface area contributed by atoms with Crippen LogP contribution in [0.2, 0.25) is 0 Å². The smallest absolute Gasteiger partial charge is 0.269 e. The van der Waals surface area contributed by atoms with Crippen LogP contribution in [0.4, 0.5) is 8.78 Å². The molecular weight excluding hydrogens is 442 g/mol. The molecule has 0 saturated heterocycles. The van der Waals surface area contributed by atoms with Crippen molar-refractivity contribution >= 4 is 16.9 Å². The van der Waals surface area contributed by atoms with Crippen LogP contribution in [0.3, 0.4) is 0 Å². The van der Waals surface area contributed by atoms with Gasteiger partial charge in [0.2, 0.25) is 0 Å². The summed E-state index contributed by atoms with van der Waals surface area (Å²) in [5.41, 5.74) is 0.709. The number of hydrogen-bond acceptors (Lipinski definition) is 5. The third kappa shape index (κ3) is 4.40. The van der Waals surface area contributed by atoms with Gasteiger partial charge in [0.15, 0.2) is 0 Å². The highest BCUT2D eigenvalue weighted by molar-refractivity contribution is 6.03. The summed E-state index contributed by atoms with van der Waals surface area (Å²) in [6.45, 7) is 5.37. The zero-order valence-corrected chi connectivity index (χ0v) is 18.2. The van der Waals surface area contributed by atoms with Crippen LogP contribution in [-0.2, 0) is 6.54 Å². The highest BCUT2D eigenvalue weighted by Gasteiger charge is 2.24. The number of hydrogen-bond donors (Lipinski definition) is 2. The fourth-order valence-corrected chi connectivity index (χ4v) is 3.44. The molecule has 9 heteroatoms. The van der Waals surface area contributed by atoms with E-state index in [9.17, 15) is 23.5 Å². The predicted octanol–water partition coefficient (Wildman–Crippen LogP) is 4.14.